The maximum atomic E-state index is 5.53. The van der Waals surface area contributed by atoms with Crippen molar-refractivity contribution in [1.82, 2.24) is 0 Å². The first kappa shape index (κ1) is 11.0. The molecule has 2 N–H and O–H groups in total. The van der Waals surface area contributed by atoms with Crippen LogP contribution in [0, 0.1) is 0 Å². The van der Waals surface area contributed by atoms with Gasteiger partial charge in [0, 0.05) is 6.54 Å². The molecule has 1 aromatic carbocycles. The summed E-state index contributed by atoms with van der Waals surface area (Å²) in [6, 6.07) is 3.94. The highest BCUT2D eigenvalue weighted by Crippen LogP contribution is 2.34. The predicted molar refractivity (Wildman–Crippen MR) is 60.9 cm³/mol. The Kier molecular flexibility index (Phi) is 4.22. The summed E-state index contributed by atoms with van der Waals surface area (Å²) in [5.41, 5.74) is 6.60. The number of ether oxygens (including phenoxy) is 1. The predicted octanol–water partition coefficient (Wildman–Crippen LogP) is 3.07. The Bertz CT molecular complexity index is 279. The lowest BCUT2D eigenvalue weighted by Gasteiger charge is -2.09. The van der Waals surface area contributed by atoms with Crippen molar-refractivity contribution in [3.8, 4) is 5.75 Å². The molecule has 1 aromatic rings. The fourth-order valence-corrected chi connectivity index (χ4v) is 2.52. The van der Waals surface area contributed by atoms with Crippen molar-refractivity contribution >= 4 is 31.9 Å². The molecule has 0 atom stereocenters. The Hall–Kier alpha value is -0.0600. The molecule has 0 aliphatic heterocycles. The Morgan fingerprint density at radius 2 is 1.85 bits per heavy atom. The number of rotatable bonds is 3. The Morgan fingerprint density at radius 3 is 2.23 bits per heavy atom. The van der Waals surface area contributed by atoms with Crippen molar-refractivity contribution in [2.75, 3.05) is 6.61 Å². The molecular weight excluding hydrogens is 298 g/mol. The highest BCUT2D eigenvalue weighted by atomic mass is 79.9. The van der Waals surface area contributed by atoms with Crippen LogP contribution in [0.2, 0.25) is 0 Å². The minimum absolute atomic E-state index is 0.531. The van der Waals surface area contributed by atoms with Gasteiger partial charge in [-0.1, -0.05) is 0 Å². The second kappa shape index (κ2) is 4.98. The molecule has 72 valence electrons. The van der Waals surface area contributed by atoms with Gasteiger partial charge in [0.25, 0.3) is 0 Å². The van der Waals surface area contributed by atoms with Crippen LogP contribution in [-0.4, -0.2) is 6.61 Å². The van der Waals surface area contributed by atoms with Crippen LogP contribution in [0.4, 0.5) is 0 Å². The molecule has 0 saturated heterocycles. The molecule has 1 rings (SSSR count). The number of hydrogen-bond acceptors (Lipinski definition) is 2. The molecule has 0 aliphatic rings. The first-order chi connectivity index (χ1) is 6.19. The molecule has 13 heavy (non-hydrogen) atoms. The standard InChI is InChI=1S/C9H11Br2NO/c1-2-13-9-7(10)3-6(5-12)4-8(9)11/h3-4H,2,5,12H2,1H3. The number of nitrogens with two attached hydrogens (primary N) is 1. The van der Waals surface area contributed by atoms with E-state index in [-0.39, 0.29) is 0 Å². The lowest BCUT2D eigenvalue weighted by Crippen LogP contribution is -1.99. The zero-order chi connectivity index (χ0) is 9.84. The van der Waals surface area contributed by atoms with E-state index in [0.717, 1.165) is 20.3 Å². The molecular formula is C9H11Br2NO. The first-order valence-corrected chi connectivity index (χ1v) is 5.58. The summed E-state index contributed by atoms with van der Waals surface area (Å²) in [4.78, 5) is 0. The molecule has 0 saturated carbocycles. The fourth-order valence-electron chi connectivity index (χ4n) is 1.01. The van der Waals surface area contributed by atoms with Crippen LogP contribution in [-0.2, 0) is 6.54 Å². The molecule has 0 fully saturated rings. The monoisotopic (exact) mass is 307 g/mol. The van der Waals surface area contributed by atoms with Gasteiger partial charge in [0.15, 0.2) is 0 Å². The van der Waals surface area contributed by atoms with Crippen LogP contribution in [0.1, 0.15) is 12.5 Å². The van der Waals surface area contributed by atoms with Crippen LogP contribution >= 0.6 is 31.9 Å². The topological polar surface area (TPSA) is 35.2 Å². The number of benzene rings is 1. The minimum atomic E-state index is 0.531. The summed E-state index contributed by atoms with van der Waals surface area (Å²) in [5.74, 6) is 0.833. The lowest BCUT2D eigenvalue weighted by molar-refractivity contribution is 0.336. The Morgan fingerprint density at radius 1 is 1.31 bits per heavy atom. The van der Waals surface area contributed by atoms with E-state index in [1.165, 1.54) is 0 Å². The van der Waals surface area contributed by atoms with Crippen LogP contribution in [0.15, 0.2) is 21.1 Å². The van der Waals surface area contributed by atoms with Gasteiger partial charge >= 0.3 is 0 Å². The van der Waals surface area contributed by atoms with E-state index >= 15 is 0 Å². The van der Waals surface area contributed by atoms with Crippen molar-refractivity contribution in [3.05, 3.63) is 26.6 Å². The van der Waals surface area contributed by atoms with E-state index in [0.29, 0.717) is 13.2 Å². The molecule has 0 amide bonds. The van der Waals surface area contributed by atoms with E-state index < -0.39 is 0 Å². The van der Waals surface area contributed by atoms with Crippen molar-refractivity contribution in [2.24, 2.45) is 5.73 Å². The first-order valence-electron chi connectivity index (χ1n) is 3.99. The summed E-state index contributed by atoms with van der Waals surface area (Å²) in [6.07, 6.45) is 0. The summed E-state index contributed by atoms with van der Waals surface area (Å²) < 4.78 is 7.30. The van der Waals surface area contributed by atoms with Gasteiger partial charge in [-0.15, -0.1) is 0 Å². The van der Waals surface area contributed by atoms with Crippen molar-refractivity contribution in [2.45, 2.75) is 13.5 Å². The van der Waals surface area contributed by atoms with Gasteiger partial charge < -0.3 is 10.5 Å². The van der Waals surface area contributed by atoms with Crippen LogP contribution in [0.5, 0.6) is 5.75 Å². The average Bonchev–Trinajstić information content (AvgIpc) is 2.11. The van der Waals surface area contributed by atoms with Crippen molar-refractivity contribution in [3.63, 3.8) is 0 Å². The summed E-state index contributed by atoms with van der Waals surface area (Å²) >= 11 is 6.86. The summed E-state index contributed by atoms with van der Waals surface area (Å²) in [7, 11) is 0. The highest BCUT2D eigenvalue weighted by molar-refractivity contribution is 9.11. The lowest BCUT2D eigenvalue weighted by atomic mass is 10.2. The van der Waals surface area contributed by atoms with Crippen molar-refractivity contribution < 1.29 is 4.74 Å². The Labute approximate surface area is 94.7 Å². The quantitative estimate of drug-likeness (QED) is 0.931. The normalized spacial score (nSPS) is 10.2. The fraction of sp³-hybridized carbons (Fsp3) is 0.333. The summed E-state index contributed by atoms with van der Waals surface area (Å²) in [5, 5.41) is 0. The van der Waals surface area contributed by atoms with Crippen LogP contribution in [0.25, 0.3) is 0 Å². The third-order valence-corrected chi connectivity index (χ3v) is 2.76. The summed E-state index contributed by atoms with van der Waals surface area (Å²) in [6.45, 7) is 3.14. The van der Waals surface area contributed by atoms with E-state index in [4.69, 9.17) is 10.5 Å². The molecule has 0 aromatic heterocycles. The molecule has 0 heterocycles. The third-order valence-electron chi connectivity index (χ3n) is 1.58. The van der Waals surface area contributed by atoms with E-state index in [1.54, 1.807) is 0 Å². The second-order valence-corrected chi connectivity index (χ2v) is 4.23. The van der Waals surface area contributed by atoms with Gasteiger partial charge in [-0.3, -0.25) is 0 Å². The molecule has 0 aliphatic carbocycles. The zero-order valence-corrected chi connectivity index (χ0v) is 10.5. The smallest absolute Gasteiger partial charge is 0.147 e. The molecule has 0 unspecified atom stereocenters. The van der Waals surface area contributed by atoms with Gasteiger partial charge in [0.05, 0.1) is 15.6 Å². The van der Waals surface area contributed by atoms with Gasteiger partial charge in [0.2, 0.25) is 0 Å². The van der Waals surface area contributed by atoms with Gasteiger partial charge in [-0.25, -0.2) is 0 Å². The zero-order valence-electron chi connectivity index (χ0n) is 7.31. The van der Waals surface area contributed by atoms with Gasteiger partial charge in [-0.05, 0) is 56.5 Å². The number of halogens is 2. The maximum Gasteiger partial charge on any atom is 0.147 e. The van der Waals surface area contributed by atoms with E-state index in [1.807, 2.05) is 19.1 Å². The molecule has 0 spiro atoms. The second-order valence-electron chi connectivity index (χ2n) is 2.53. The molecule has 0 bridgehead atoms. The Balaban J connectivity index is 3.07. The maximum absolute atomic E-state index is 5.53. The average molecular weight is 309 g/mol. The SMILES string of the molecule is CCOc1c(Br)cc(CN)cc1Br. The third kappa shape index (κ3) is 2.69. The van der Waals surface area contributed by atoms with Gasteiger partial charge in [0.1, 0.15) is 5.75 Å². The minimum Gasteiger partial charge on any atom is -0.492 e. The largest absolute Gasteiger partial charge is 0.492 e. The van der Waals surface area contributed by atoms with Crippen molar-refractivity contribution in [1.29, 1.82) is 0 Å². The van der Waals surface area contributed by atoms with Crippen LogP contribution < -0.4 is 10.5 Å². The number of hydrogen-bond donors (Lipinski definition) is 1. The van der Waals surface area contributed by atoms with E-state index in [9.17, 15) is 0 Å². The van der Waals surface area contributed by atoms with E-state index in [2.05, 4.69) is 31.9 Å². The van der Waals surface area contributed by atoms with Gasteiger partial charge in [-0.2, -0.15) is 0 Å². The van der Waals surface area contributed by atoms with Crippen LogP contribution in [0.3, 0.4) is 0 Å². The highest BCUT2D eigenvalue weighted by Gasteiger charge is 2.07. The molecule has 4 heteroatoms. The molecule has 0 radical (unpaired) electrons. The molecule has 2 nitrogen and oxygen atoms in total.